The molecule has 6 nitrogen and oxygen atoms in total. The number of para-hydroxylation sites is 2. The summed E-state index contributed by atoms with van der Waals surface area (Å²) in [6, 6.07) is 19.7. The Labute approximate surface area is 148 Å². The number of aromatic nitrogens is 1. The van der Waals surface area contributed by atoms with Crippen molar-refractivity contribution in [2.24, 2.45) is 0 Å². The lowest BCUT2D eigenvalue weighted by Gasteiger charge is -2.13. The zero-order valence-corrected chi connectivity index (χ0v) is 13.5. The summed E-state index contributed by atoms with van der Waals surface area (Å²) in [6.45, 7) is 7.06. The van der Waals surface area contributed by atoms with Crippen molar-refractivity contribution in [1.82, 2.24) is 4.98 Å². The molecule has 0 saturated heterocycles. The van der Waals surface area contributed by atoms with E-state index in [2.05, 4.69) is 15.1 Å². The van der Waals surface area contributed by atoms with Crippen LogP contribution < -0.4 is 5.32 Å². The lowest BCUT2D eigenvalue weighted by atomic mass is 10.1. The van der Waals surface area contributed by atoms with Gasteiger partial charge in [-0.05, 0) is 18.2 Å². The summed E-state index contributed by atoms with van der Waals surface area (Å²) in [4.78, 5) is 18.9. The molecule has 0 aliphatic heterocycles. The summed E-state index contributed by atoms with van der Waals surface area (Å²) in [7, 11) is 0. The summed E-state index contributed by atoms with van der Waals surface area (Å²) in [5.41, 5.74) is 2.78. The standard InChI is InChI=1S/C20H12N4O2/c1-21-13-10-11-18(19(12-13)24(25)26)23-20-14-6-2-4-8-16(14)22-17-9-5-3-7-15(17)20/h2-12H,(H,22,23). The van der Waals surface area contributed by atoms with E-state index in [0.717, 1.165) is 27.5 Å². The molecule has 0 saturated carbocycles. The van der Waals surface area contributed by atoms with Gasteiger partial charge < -0.3 is 5.32 Å². The molecule has 0 atom stereocenters. The fourth-order valence-electron chi connectivity index (χ4n) is 2.96. The Hall–Kier alpha value is -3.98. The number of hydrogen-bond acceptors (Lipinski definition) is 4. The van der Waals surface area contributed by atoms with Crippen LogP contribution in [0.1, 0.15) is 0 Å². The molecule has 0 aliphatic carbocycles. The smallest absolute Gasteiger partial charge is 0.282 e. The first-order valence-corrected chi connectivity index (χ1v) is 7.88. The molecule has 4 rings (SSSR count). The maximum atomic E-state index is 11.5. The lowest BCUT2D eigenvalue weighted by molar-refractivity contribution is -0.383. The summed E-state index contributed by atoms with van der Waals surface area (Å²) in [5, 5.41) is 16.4. The zero-order chi connectivity index (χ0) is 18.1. The van der Waals surface area contributed by atoms with Gasteiger partial charge in [-0.3, -0.25) is 10.1 Å². The molecule has 1 heterocycles. The monoisotopic (exact) mass is 340 g/mol. The first-order valence-electron chi connectivity index (χ1n) is 7.88. The molecule has 0 fully saturated rings. The molecular formula is C20H12N4O2. The minimum absolute atomic E-state index is 0.136. The van der Waals surface area contributed by atoms with Crippen LogP contribution in [-0.4, -0.2) is 9.91 Å². The Balaban J connectivity index is 1.98. The first-order chi connectivity index (χ1) is 12.7. The van der Waals surface area contributed by atoms with Gasteiger partial charge in [0.2, 0.25) is 0 Å². The van der Waals surface area contributed by atoms with Crippen LogP contribution in [0.25, 0.3) is 26.7 Å². The van der Waals surface area contributed by atoms with E-state index >= 15 is 0 Å². The zero-order valence-electron chi connectivity index (χ0n) is 13.5. The largest absolute Gasteiger partial charge is 0.349 e. The van der Waals surface area contributed by atoms with Gasteiger partial charge in [0.1, 0.15) is 5.69 Å². The second-order valence-corrected chi connectivity index (χ2v) is 5.72. The predicted molar refractivity (Wildman–Crippen MR) is 102 cm³/mol. The Morgan fingerprint density at radius 2 is 1.58 bits per heavy atom. The molecule has 1 N–H and O–H groups in total. The van der Waals surface area contributed by atoms with Crippen LogP contribution >= 0.6 is 0 Å². The van der Waals surface area contributed by atoms with Crippen molar-refractivity contribution >= 4 is 44.6 Å². The number of hydrogen-bond donors (Lipinski definition) is 1. The predicted octanol–water partition coefficient (Wildman–Crippen LogP) is 5.59. The summed E-state index contributed by atoms with van der Waals surface area (Å²) >= 11 is 0. The molecular weight excluding hydrogens is 328 g/mol. The third-order valence-electron chi connectivity index (χ3n) is 4.15. The molecule has 124 valence electrons. The van der Waals surface area contributed by atoms with Crippen molar-refractivity contribution < 1.29 is 4.92 Å². The van der Waals surface area contributed by atoms with Gasteiger partial charge in [-0.1, -0.05) is 42.5 Å². The average Bonchev–Trinajstić information content (AvgIpc) is 2.67. The molecule has 1 aromatic heterocycles. The maximum absolute atomic E-state index is 11.5. The number of benzene rings is 3. The van der Waals surface area contributed by atoms with Crippen LogP contribution in [0.4, 0.5) is 22.7 Å². The number of nitrogens with zero attached hydrogens (tertiary/aromatic N) is 3. The van der Waals surface area contributed by atoms with Crippen LogP contribution in [0.5, 0.6) is 0 Å². The highest BCUT2D eigenvalue weighted by Gasteiger charge is 2.17. The Bertz CT molecular complexity index is 1160. The SMILES string of the molecule is [C-]#[N+]c1ccc(Nc2c3ccccc3nc3ccccc23)c([N+](=O)[O-])c1. The van der Waals surface area contributed by atoms with E-state index in [1.54, 1.807) is 12.1 Å². The van der Waals surface area contributed by atoms with Crippen LogP contribution in [-0.2, 0) is 0 Å². The molecule has 0 radical (unpaired) electrons. The normalized spacial score (nSPS) is 10.6. The highest BCUT2D eigenvalue weighted by atomic mass is 16.6. The van der Waals surface area contributed by atoms with Crippen LogP contribution in [0.15, 0.2) is 66.7 Å². The van der Waals surface area contributed by atoms with E-state index in [4.69, 9.17) is 6.57 Å². The van der Waals surface area contributed by atoms with Crippen LogP contribution in [0.3, 0.4) is 0 Å². The molecule has 4 aromatic rings. The number of rotatable bonds is 3. The number of fused-ring (bicyclic) bond motifs is 2. The highest BCUT2D eigenvalue weighted by molar-refractivity contribution is 6.09. The molecule has 0 amide bonds. The lowest BCUT2D eigenvalue weighted by Crippen LogP contribution is -1.99. The first kappa shape index (κ1) is 15.5. The van der Waals surface area contributed by atoms with Gasteiger partial charge in [-0.2, -0.15) is 0 Å². The fourth-order valence-corrected chi connectivity index (χ4v) is 2.96. The minimum atomic E-state index is -0.484. The Morgan fingerprint density at radius 1 is 0.962 bits per heavy atom. The third-order valence-corrected chi connectivity index (χ3v) is 4.15. The van der Waals surface area contributed by atoms with Crippen LogP contribution in [0, 0.1) is 16.7 Å². The van der Waals surface area contributed by atoms with Crippen molar-refractivity contribution in [3.8, 4) is 0 Å². The van der Waals surface area contributed by atoms with E-state index in [9.17, 15) is 10.1 Å². The molecule has 3 aromatic carbocycles. The molecule has 0 spiro atoms. The molecule has 0 unspecified atom stereocenters. The third kappa shape index (κ3) is 2.58. The molecule has 6 heteroatoms. The number of nitro benzene ring substituents is 1. The van der Waals surface area contributed by atoms with Crippen molar-refractivity contribution in [1.29, 1.82) is 0 Å². The summed E-state index contributed by atoms with van der Waals surface area (Å²) in [5.74, 6) is 0. The van der Waals surface area contributed by atoms with E-state index in [0.29, 0.717) is 5.69 Å². The number of pyridine rings is 1. The molecule has 0 bridgehead atoms. The number of nitro groups is 1. The Kier molecular flexibility index (Phi) is 3.67. The van der Waals surface area contributed by atoms with E-state index in [1.165, 1.54) is 6.07 Å². The number of nitrogens with one attached hydrogen (secondary N) is 1. The molecule has 0 aliphatic rings. The average molecular weight is 340 g/mol. The van der Waals surface area contributed by atoms with Crippen molar-refractivity contribution in [3.63, 3.8) is 0 Å². The second kappa shape index (κ2) is 6.15. The summed E-state index contributed by atoms with van der Waals surface area (Å²) in [6.07, 6.45) is 0. The van der Waals surface area contributed by atoms with Gasteiger partial charge in [0.05, 0.1) is 28.2 Å². The van der Waals surface area contributed by atoms with Crippen molar-refractivity contribution in [3.05, 3.63) is 88.3 Å². The second-order valence-electron chi connectivity index (χ2n) is 5.72. The number of anilines is 2. The van der Waals surface area contributed by atoms with Gasteiger partial charge in [0.15, 0.2) is 5.69 Å². The van der Waals surface area contributed by atoms with E-state index < -0.39 is 4.92 Å². The topological polar surface area (TPSA) is 72.4 Å². The van der Waals surface area contributed by atoms with Gasteiger partial charge in [-0.25, -0.2) is 9.83 Å². The van der Waals surface area contributed by atoms with Crippen molar-refractivity contribution in [2.45, 2.75) is 0 Å². The van der Waals surface area contributed by atoms with E-state index in [1.807, 2.05) is 48.5 Å². The minimum Gasteiger partial charge on any atom is -0.349 e. The van der Waals surface area contributed by atoms with Gasteiger partial charge in [-0.15, -0.1) is 0 Å². The Morgan fingerprint density at radius 3 is 2.15 bits per heavy atom. The summed E-state index contributed by atoms with van der Waals surface area (Å²) < 4.78 is 0. The van der Waals surface area contributed by atoms with Crippen LogP contribution in [0.2, 0.25) is 0 Å². The van der Waals surface area contributed by atoms with E-state index in [-0.39, 0.29) is 11.4 Å². The van der Waals surface area contributed by atoms with Crippen molar-refractivity contribution in [2.75, 3.05) is 5.32 Å². The maximum Gasteiger partial charge on any atom is 0.282 e. The quantitative estimate of drug-likeness (QED) is 0.228. The highest BCUT2D eigenvalue weighted by Crippen LogP contribution is 2.37. The van der Waals surface area contributed by atoms with Gasteiger partial charge >= 0.3 is 0 Å². The van der Waals surface area contributed by atoms with Gasteiger partial charge in [0, 0.05) is 16.8 Å². The van der Waals surface area contributed by atoms with Gasteiger partial charge in [0.25, 0.3) is 5.69 Å². The fraction of sp³-hybridized carbons (Fsp3) is 0. The molecule has 26 heavy (non-hydrogen) atoms.